The number of carbonyl (C=O) groups excluding carboxylic acids is 1. The quantitative estimate of drug-likeness (QED) is 0.447. The highest BCUT2D eigenvalue weighted by molar-refractivity contribution is 6.42. The molecule has 0 aliphatic carbocycles. The van der Waals surface area contributed by atoms with Crippen molar-refractivity contribution in [3.05, 3.63) is 58.1 Å². The van der Waals surface area contributed by atoms with Crippen LogP contribution in [0.2, 0.25) is 10.0 Å². The molecule has 0 aliphatic rings. The molecule has 0 fully saturated rings. The number of methoxy groups -OCH3 is 2. The van der Waals surface area contributed by atoms with Crippen LogP contribution in [0, 0.1) is 0 Å². The summed E-state index contributed by atoms with van der Waals surface area (Å²) in [5.74, 6) is 0.460. The highest BCUT2D eigenvalue weighted by Gasteiger charge is 2.14. The third kappa shape index (κ3) is 4.41. The Hall–Kier alpha value is -2.17. The van der Waals surface area contributed by atoms with Crippen LogP contribution < -0.4 is 14.2 Å². The van der Waals surface area contributed by atoms with Crippen molar-refractivity contribution in [3.8, 4) is 17.2 Å². The standard InChI is InChI=1S/C17H14Cl2O4/c1-21-14-4-3-5-15(22-2)17(14)23-16(20)9-7-11-6-8-12(18)13(19)10-11/h3-10H,1-2H3. The van der Waals surface area contributed by atoms with Gasteiger partial charge in [-0.1, -0.05) is 35.3 Å². The van der Waals surface area contributed by atoms with Crippen molar-refractivity contribution in [2.45, 2.75) is 0 Å². The molecule has 23 heavy (non-hydrogen) atoms. The average molecular weight is 353 g/mol. The Morgan fingerprint density at radius 3 is 2.22 bits per heavy atom. The van der Waals surface area contributed by atoms with E-state index in [-0.39, 0.29) is 5.75 Å². The summed E-state index contributed by atoms with van der Waals surface area (Å²) in [6, 6.07) is 10.1. The van der Waals surface area contributed by atoms with E-state index < -0.39 is 5.97 Å². The SMILES string of the molecule is COc1cccc(OC)c1OC(=O)C=Cc1ccc(Cl)c(Cl)c1. The minimum absolute atomic E-state index is 0.223. The van der Waals surface area contributed by atoms with Crippen molar-refractivity contribution >= 4 is 35.2 Å². The van der Waals surface area contributed by atoms with Crippen molar-refractivity contribution in [2.75, 3.05) is 14.2 Å². The summed E-state index contributed by atoms with van der Waals surface area (Å²) in [5, 5.41) is 0.860. The number of carbonyl (C=O) groups is 1. The third-order valence-corrected chi connectivity index (χ3v) is 3.68. The van der Waals surface area contributed by atoms with Gasteiger partial charge in [-0.3, -0.25) is 0 Å². The zero-order valence-corrected chi connectivity index (χ0v) is 14.0. The minimum atomic E-state index is -0.570. The van der Waals surface area contributed by atoms with Crippen LogP contribution in [0.3, 0.4) is 0 Å². The normalized spacial score (nSPS) is 10.6. The zero-order chi connectivity index (χ0) is 16.8. The molecule has 0 saturated heterocycles. The molecule has 2 aromatic carbocycles. The lowest BCUT2D eigenvalue weighted by Crippen LogP contribution is -2.06. The predicted octanol–water partition coefficient (Wildman–Crippen LogP) is 4.63. The molecule has 0 amide bonds. The summed E-state index contributed by atoms with van der Waals surface area (Å²) in [6.07, 6.45) is 2.86. The molecule has 2 aromatic rings. The number of hydrogen-bond acceptors (Lipinski definition) is 4. The molecule has 2 rings (SSSR count). The van der Waals surface area contributed by atoms with Gasteiger partial charge in [0.2, 0.25) is 5.75 Å². The number of halogens is 2. The first-order chi connectivity index (χ1) is 11.0. The van der Waals surface area contributed by atoms with E-state index in [2.05, 4.69) is 0 Å². The monoisotopic (exact) mass is 352 g/mol. The minimum Gasteiger partial charge on any atom is -0.493 e. The fourth-order valence-corrected chi connectivity index (χ4v) is 2.14. The highest BCUT2D eigenvalue weighted by atomic mass is 35.5. The molecule has 0 saturated carbocycles. The molecule has 0 radical (unpaired) electrons. The van der Waals surface area contributed by atoms with Gasteiger partial charge >= 0.3 is 5.97 Å². The lowest BCUT2D eigenvalue weighted by molar-refractivity contribution is -0.129. The molecule has 4 nitrogen and oxygen atoms in total. The van der Waals surface area contributed by atoms with Crippen molar-refractivity contribution < 1.29 is 19.0 Å². The van der Waals surface area contributed by atoms with Crippen LogP contribution in [-0.2, 0) is 4.79 Å². The van der Waals surface area contributed by atoms with E-state index in [1.165, 1.54) is 20.3 Å². The van der Waals surface area contributed by atoms with Gasteiger partial charge in [-0.15, -0.1) is 0 Å². The number of rotatable bonds is 5. The summed E-state index contributed by atoms with van der Waals surface area (Å²) in [7, 11) is 2.97. The molecule has 6 heteroatoms. The summed E-state index contributed by atoms with van der Waals surface area (Å²) in [4.78, 5) is 12.0. The first-order valence-corrected chi connectivity index (χ1v) is 7.36. The van der Waals surface area contributed by atoms with Gasteiger partial charge in [-0.25, -0.2) is 4.79 Å². The average Bonchev–Trinajstić information content (AvgIpc) is 2.56. The van der Waals surface area contributed by atoms with Gasteiger partial charge in [-0.2, -0.15) is 0 Å². The molecule has 0 aromatic heterocycles. The third-order valence-electron chi connectivity index (χ3n) is 2.94. The van der Waals surface area contributed by atoms with Gasteiger partial charge in [0.15, 0.2) is 11.5 Å². The Morgan fingerprint density at radius 1 is 1.00 bits per heavy atom. The molecule has 0 spiro atoms. The number of ether oxygens (including phenoxy) is 3. The van der Waals surface area contributed by atoms with E-state index in [4.69, 9.17) is 37.4 Å². The number of para-hydroxylation sites is 1. The summed E-state index contributed by atoms with van der Waals surface area (Å²) >= 11 is 11.8. The van der Waals surface area contributed by atoms with E-state index in [0.717, 1.165) is 5.56 Å². The maximum atomic E-state index is 12.0. The molecule has 0 N–H and O–H groups in total. The fraction of sp³-hybridized carbons (Fsp3) is 0.118. The van der Waals surface area contributed by atoms with Gasteiger partial charge in [0.1, 0.15) is 0 Å². The van der Waals surface area contributed by atoms with E-state index in [1.54, 1.807) is 42.5 Å². The second kappa shape index (κ2) is 7.90. The van der Waals surface area contributed by atoms with Crippen LogP contribution in [0.5, 0.6) is 17.2 Å². The van der Waals surface area contributed by atoms with Gasteiger partial charge in [0, 0.05) is 6.08 Å². The highest BCUT2D eigenvalue weighted by Crippen LogP contribution is 2.36. The van der Waals surface area contributed by atoms with E-state index in [1.807, 2.05) is 0 Å². The van der Waals surface area contributed by atoms with Crippen LogP contribution in [0.1, 0.15) is 5.56 Å². The van der Waals surface area contributed by atoms with Crippen LogP contribution in [0.25, 0.3) is 6.08 Å². The molecule has 0 atom stereocenters. The maximum Gasteiger partial charge on any atom is 0.336 e. The molecule has 120 valence electrons. The van der Waals surface area contributed by atoms with Crippen LogP contribution >= 0.6 is 23.2 Å². The van der Waals surface area contributed by atoms with Crippen molar-refractivity contribution in [2.24, 2.45) is 0 Å². The number of esters is 1. The summed E-state index contributed by atoms with van der Waals surface area (Å²) < 4.78 is 15.6. The Morgan fingerprint density at radius 2 is 1.65 bits per heavy atom. The first kappa shape index (κ1) is 17.2. The second-order valence-corrected chi connectivity index (χ2v) is 5.23. The summed E-state index contributed by atoms with van der Waals surface area (Å²) in [6.45, 7) is 0. The smallest absolute Gasteiger partial charge is 0.336 e. The van der Waals surface area contributed by atoms with E-state index >= 15 is 0 Å². The molecule has 0 heterocycles. The fourth-order valence-electron chi connectivity index (χ4n) is 1.83. The Balaban J connectivity index is 2.16. The van der Waals surface area contributed by atoms with Crippen molar-refractivity contribution in [1.82, 2.24) is 0 Å². The van der Waals surface area contributed by atoms with Crippen molar-refractivity contribution in [1.29, 1.82) is 0 Å². The Kier molecular flexibility index (Phi) is 5.90. The van der Waals surface area contributed by atoms with Gasteiger partial charge in [0.25, 0.3) is 0 Å². The number of benzene rings is 2. The molecule has 0 unspecified atom stereocenters. The molecular weight excluding hydrogens is 339 g/mol. The largest absolute Gasteiger partial charge is 0.493 e. The molecular formula is C17H14Cl2O4. The van der Waals surface area contributed by atoms with Crippen LogP contribution in [0.4, 0.5) is 0 Å². The predicted molar refractivity (Wildman–Crippen MR) is 90.7 cm³/mol. The zero-order valence-electron chi connectivity index (χ0n) is 12.5. The first-order valence-electron chi connectivity index (χ1n) is 6.61. The maximum absolute atomic E-state index is 12.0. The topological polar surface area (TPSA) is 44.8 Å². The van der Waals surface area contributed by atoms with Crippen molar-refractivity contribution in [3.63, 3.8) is 0 Å². The Bertz CT molecular complexity index is 719. The second-order valence-electron chi connectivity index (χ2n) is 4.42. The molecule has 0 aliphatic heterocycles. The number of hydrogen-bond donors (Lipinski definition) is 0. The van der Waals surface area contributed by atoms with E-state index in [9.17, 15) is 4.79 Å². The van der Waals surface area contributed by atoms with Crippen LogP contribution in [-0.4, -0.2) is 20.2 Å². The lowest BCUT2D eigenvalue weighted by Gasteiger charge is -2.11. The Labute approximate surface area is 144 Å². The van der Waals surface area contributed by atoms with Crippen LogP contribution in [0.15, 0.2) is 42.5 Å². The van der Waals surface area contributed by atoms with Gasteiger partial charge in [-0.05, 0) is 35.9 Å². The van der Waals surface area contributed by atoms with Gasteiger partial charge < -0.3 is 14.2 Å². The lowest BCUT2D eigenvalue weighted by atomic mass is 10.2. The molecule has 0 bridgehead atoms. The summed E-state index contributed by atoms with van der Waals surface area (Å²) in [5.41, 5.74) is 0.725. The van der Waals surface area contributed by atoms with E-state index in [0.29, 0.717) is 21.5 Å². The van der Waals surface area contributed by atoms with Gasteiger partial charge in [0.05, 0.1) is 24.3 Å².